The Balaban J connectivity index is 1.56. The van der Waals surface area contributed by atoms with Crippen LogP contribution in [0.15, 0.2) is 15.9 Å². The zero-order valence-electron chi connectivity index (χ0n) is 8.76. The number of hydrogen-bond donors (Lipinski definition) is 1. The van der Waals surface area contributed by atoms with Crippen molar-refractivity contribution in [2.24, 2.45) is 5.41 Å². The Morgan fingerprint density at radius 1 is 1.47 bits per heavy atom. The van der Waals surface area contributed by atoms with Crippen molar-refractivity contribution < 1.29 is 0 Å². The van der Waals surface area contributed by atoms with E-state index in [0.29, 0.717) is 5.41 Å². The molecule has 1 nitrogen and oxygen atoms in total. The van der Waals surface area contributed by atoms with E-state index in [9.17, 15) is 0 Å². The van der Waals surface area contributed by atoms with Crippen LogP contribution in [0.4, 0.5) is 0 Å². The van der Waals surface area contributed by atoms with Crippen molar-refractivity contribution in [3.8, 4) is 0 Å². The molecule has 15 heavy (non-hydrogen) atoms. The highest BCUT2D eigenvalue weighted by molar-refractivity contribution is 9.10. The summed E-state index contributed by atoms with van der Waals surface area (Å²) in [6.45, 7) is 1.24. The highest BCUT2D eigenvalue weighted by Gasteiger charge is 2.43. The van der Waals surface area contributed by atoms with E-state index in [0.717, 1.165) is 6.04 Å². The molecule has 2 aliphatic carbocycles. The Bertz CT molecular complexity index is 352. The van der Waals surface area contributed by atoms with Gasteiger partial charge in [-0.25, -0.2) is 0 Å². The second-order valence-corrected chi connectivity index (χ2v) is 6.97. The number of halogens is 1. The van der Waals surface area contributed by atoms with Gasteiger partial charge in [0, 0.05) is 27.3 Å². The summed E-state index contributed by atoms with van der Waals surface area (Å²) in [6, 6.07) is 3.14. The molecule has 0 saturated heterocycles. The second-order valence-electron chi connectivity index (χ2n) is 5.06. The molecule has 1 N–H and O–H groups in total. The lowest BCUT2D eigenvalue weighted by molar-refractivity contribution is 0.456. The summed E-state index contributed by atoms with van der Waals surface area (Å²) >= 11 is 5.42. The minimum atomic E-state index is 0.618. The molecule has 82 valence electrons. The molecule has 1 aromatic rings. The van der Waals surface area contributed by atoms with E-state index in [1.165, 1.54) is 48.0 Å². The molecule has 1 heterocycles. The zero-order valence-corrected chi connectivity index (χ0v) is 11.2. The molecule has 0 aromatic carbocycles. The van der Waals surface area contributed by atoms with Gasteiger partial charge >= 0.3 is 0 Å². The van der Waals surface area contributed by atoms with Gasteiger partial charge < -0.3 is 5.32 Å². The van der Waals surface area contributed by atoms with Crippen LogP contribution in [0.3, 0.4) is 0 Å². The Morgan fingerprint density at radius 3 is 2.80 bits per heavy atom. The molecule has 3 rings (SSSR count). The average Bonchev–Trinajstić information content (AvgIpc) is 3.08. The maximum atomic E-state index is 3.68. The van der Waals surface area contributed by atoms with Gasteiger partial charge in [-0.2, -0.15) is 0 Å². The number of hydrogen-bond acceptors (Lipinski definition) is 2. The molecule has 0 aliphatic heterocycles. The SMILES string of the molecule is Brc1csc(CC2(CNC3CC3)CC2)c1. The lowest BCUT2D eigenvalue weighted by Crippen LogP contribution is -2.27. The van der Waals surface area contributed by atoms with Crippen molar-refractivity contribution in [1.29, 1.82) is 0 Å². The van der Waals surface area contributed by atoms with Crippen LogP contribution in [0.25, 0.3) is 0 Å². The fraction of sp³-hybridized carbons (Fsp3) is 0.667. The summed E-state index contributed by atoms with van der Waals surface area (Å²) < 4.78 is 1.24. The molecule has 0 bridgehead atoms. The topological polar surface area (TPSA) is 12.0 Å². The Labute approximate surface area is 103 Å². The van der Waals surface area contributed by atoms with Crippen molar-refractivity contribution in [3.63, 3.8) is 0 Å². The van der Waals surface area contributed by atoms with Gasteiger partial charge in [-0.15, -0.1) is 11.3 Å². The van der Waals surface area contributed by atoms with Crippen LogP contribution in [-0.2, 0) is 6.42 Å². The van der Waals surface area contributed by atoms with Gasteiger partial charge in [-0.1, -0.05) is 0 Å². The fourth-order valence-electron chi connectivity index (χ4n) is 2.06. The van der Waals surface area contributed by atoms with Crippen molar-refractivity contribution >= 4 is 27.3 Å². The average molecular weight is 286 g/mol. The number of nitrogens with one attached hydrogen (secondary N) is 1. The third-order valence-corrected chi connectivity index (χ3v) is 5.17. The van der Waals surface area contributed by atoms with Gasteiger partial charge in [0.05, 0.1) is 0 Å². The molecular formula is C12H16BrNS. The van der Waals surface area contributed by atoms with Gasteiger partial charge in [-0.3, -0.25) is 0 Å². The fourth-order valence-corrected chi connectivity index (χ4v) is 3.68. The summed E-state index contributed by atoms with van der Waals surface area (Å²) in [4.78, 5) is 1.54. The number of rotatable bonds is 5. The van der Waals surface area contributed by atoms with Crippen LogP contribution >= 0.6 is 27.3 Å². The molecule has 2 aliphatic rings. The first kappa shape index (κ1) is 10.3. The second kappa shape index (κ2) is 3.86. The summed E-state index contributed by atoms with van der Waals surface area (Å²) in [5.74, 6) is 0. The smallest absolute Gasteiger partial charge is 0.0285 e. The van der Waals surface area contributed by atoms with Gasteiger partial charge in [0.1, 0.15) is 0 Å². The maximum Gasteiger partial charge on any atom is 0.0285 e. The molecule has 0 atom stereocenters. The largest absolute Gasteiger partial charge is 0.313 e. The van der Waals surface area contributed by atoms with Crippen molar-refractivity contribution in [1.82, 2.24) is 5.32 Å². The molecule has 0 radical (unpaired) electrons. The van der Waals surface area contributed by atoms with Crippen molar-refractivity contribution in [3.05, 3.63) is 20.8 Å². The Kier molecular flexibility index (Phi) is 2.65. The van der Waals surface area contributed by atoms with Gasteiger partial charge in [0.2, 0.25) is 0 Å². The molecule has 0 amide bonds. The first-order chi connectivity index (χ1) is 7.26. The van der Waals surface area contributed by atoms with E-state index >= 15 is 0 Å². The van der Waals surface area contributed by atoms with Crippen LogP contribution in [0, 0.1) is 5.41 Å². The molecule has 1 aromatic heterocycles. The van der Waals surface area contributed by atoms with Gasteiger partial charge in [0.15, 0.2) is 0 Å². The molecule has 2 saturated carbocycles. The Morgan fingerprint density at radius 2 is 2.27 bits per heavy atom. The summed E-state index contributed by atoms with van der Waals surface area (Å²) in [7, 11) is 0. The predicted molar refractivity (Wildman–Crippen MR) is 68.4 cm³/mol. The molecule has 0 spiro atoms. The minimum absolute atomic E-state index is 0.618. The quantitative estimate of drug-likeness (QED) is 0.872. The molecule has 0 unspecified atom stereocenters. The van der Waals surface area contributed by atoms with Crippen LogP contribution in [0.5, 0.6) is 0 Å². The summed E-state index contributed by atoms with van der Waals surface area (Å²) in [6.07, 6.45) is 6.93. The van der Waals surface area contributed by atoms with E-state index in [-0.39, 0.29) is 0 Å². The third kappa shape index (κ3) is 2.63. The van der Waals surface area contributed by atoms with E-state index in [1.54, 1.807) is 0 Å². The molecule has 3 heteroatoms. The molecule has 2 fully saturated rings. The van der Waals surface area contributed by atoms with E-state index in [4.69, 9.17) is 0 Å². The van der Waals surface area contributed by atoms with Crippen LogP contribution in [0.2, 0.25) is 0 Å². The van der Waals surface area contributed by atoms with Crippen LogP contribution < -0.4 is 5.32 Å². The normalized spacial score (nSPS) is 23.0. The summed E-state index contributed by atoms with van der Waals surface area (Å²) in [5.41, 5.74) is 0.618. The third-order valence-electron chi connectivity index (χ3n) is 3.47. The van der Waals surface area contributed by atoms with E-state index in [2.05, 4.69) is 32.7 Å². The monoisotopic (exact) mass is 285 g/mol. The van der Waals surface area contributed by atoms with E-state index in [1.807, 2.05) is 11.3 Å². The van der Waals surface area contributed by atoms with Crippen LogP contribution in [0.1, 0.15) is 30.6 Å². The van der Waals surface area contributed by atoms with Crippen molar-refractivity contribution in [2.75, 3.05) is 6.54 Å². The maximum absolute atomic E-state index is 3.68. The highest BCUT2D eigenvalue weighted by Crippen LogP contribution is 2.49. The van der Waals surface area contributed by atoms with Crippen LogP contribution in [-0.4, -0.2) is 12.6 Å². The van der Waals surface area contributed by atoms with Gasteiger partial charge in [-0.05, 0) is 59.5 Å². The predicted octanol–water partition coefficient (Wildman–Crippen LogP) is 3.59. The van der Waals surface area contributed by atoms with Crippen molar-refractivity contribution in [2.45, 2.75) is 38.1 Å². The number of thiophene rings is 1. The van der Waals surface area contributed by atoms with E-state index < -0.39 is 0 Å². The minimum Gasteiger partial charge on any atom is -0.313 e. The molecular weight excluding hydrogens is 270 g/mol. The van der Waals surface area contributed by atoms with Gasteiger partial charge in [0.25, 0.3) is 0 Å². The first-order valence-electron chi connectivity index (χ1n) is 5.72. The highest BCUT2D eigenvalue weighted by atomic mass is 79.9. The lowest BCUT2D eigenvalue weighted by Gasteiger charge is -2.14. The Hall–Kier alpha value is 0.140. The first-order valence-corrected chi connectivity index (χ1v) is 7.39. The standard InChI is InChI=1S/C12H16BrNS/c13-9-5-11(15-7-9)6-12(3-4-12)8-14-10-1-2-10/h5,7,10,14H,1-4,6,8H2. The lowest BCUT2D eigenvalue weighted by atomic mass is 10.0. The summed E-state index contributed by atoms with van der Waals surface area (Å²) in [5, 5.41) is 5.87. The zero-order chi connectivity index (χ0) is 10.3.